The van der Waals surface area contributed by atoms with Gasteiger partial charge in [-0.1, -0.05) is 0 Å². The van der Waals surface area contributed by atoms with E-state index in [1.54, 1.807) is 48.7 Å². The van der Waals surface area contributed by atoms with Crippen LogP contribution in [0.25, 0.3) is 6.08 Å². The fourth-order valence-corrected chi connectivity index (χ4v) is 2.33. The van der Waals surface area contributed by atoms with Gasteiger partial charge < -0.3 is 10.2 Å². The minimum atomic E-state index is -0.224. The van der Waals surface area contributed by atoms with Crippen molar-refractivity contribution in [3.05, 3.63) is 46.4 Å². The van der Waals surface area contributed by atoms with Crippen molar-refractivity contribution < 1.29 is 9.59 Å². The van der Waals surface area contributed by atoms with Crippen LogP contribution < -0.4 is 10.2 Å². The first-order valence-corrected chi connectivity index (χ1v) is 7.59. The molecule has 6 heteroatoms. The van der Waals surface area contributed by atoms with Gasteiger partial charge >= 0.3 is 0 Å². The maximum Gasteiger partial charge on any atom is 0.248 e. The number of amides is 2. The van der Waals surface area contributed by atoms with E-state index in [0.29, 0.717) is 5.69 Å². The second-order valence-corrected chi connectivity index (χ2v) is 5.80. The van der Waals surface area contributed by atoms with E-state index >= 15 is 0 Å². The van der Waals surface area contributed by atoms with Crippen LogP contribution in [0.2, 0.25) is 0 Å². The first kappa shape index (κ1) is 15.9. The van der Waals surface area contributed by atoms with Crippen molar-refractivity contribution in [1.29, 1.82) is 0 Å². The third-order valence-electron chi connectivity index (χ3n) is 3.04. The topological polar surface area (TPSA) is 62.3 Å². The number of carbonyl (C=O) groups is 2. The molecule has 0 bridgehead atoms. The van der Waals surface area contributed by atoms with Gasteiger partial charge in [-0.3, -0.25) is 9.59 Å². The molecule has 0 aliphatic carbocycles. The van der Waals surface area contributed by atoms with E-state index in [2.05, 4.69) is 10.3 Å². The Balaban J connectivity index is 1.97. The quantitative estimate of drug-likeness (QED) is 0.882. The van der Waals surface area contributed by atoms with Crippen LogP contribution in [0, 0.1) is 6.92 Å². The molecule has 1 aromatic carbocycles. The lowest BCUT2D eigenvalue weighted by atomic mass is 10.2. The molecule has 5 nitrogen and oxygen atoms in total. The van der Waals surface area contributed by atoms with Gasteiger partial charge in [0.1, 0.15) is 0 Å². The number of hydrogen-bond acceptors (Lipinski definition) is 4. The first-order chi connectivity index (χ1) is 10.5. The van der Waals surface area contributed by atoms with E-state index in [4.69, 9.17) is 0 Å². The Morgan fingerprint density at radius 3 is 2.50 bits per heavy atom. The predicted molar refractivity (Wildman–Crippen MR) is 90.0 cm³/mol. The van der Waals surface area contributed by atoms with Crippen LogP contribution in [0.4, 0.5) is 11.4 Å². The lowest BCUT2D eigenvalue weighted by Crippen LogP contribution is -2.22. The molecule has 2 aromatic rings. The van der Waals surface area contributed by atoms with Crippen LogP contribution in [-0.4, -0.2) is 23.8 Å². The molecule has 0 fully saturated rings. The van der Waals surface area contributed by atoms with Crippen LogP contribution in [0.1, 0.15) is 17.6 Å². The number of nitrogens with one attached hydrogen (secondary N) is 1. The molecule has 1 heterocycles. The standard InChI is InChI=1S/C16H17N3O2S/c1-11-17-14(10-22-11)6-9-16(21)18-13-4-7-15(8-5-13)19(3)12(2)20/h4-10H,1-3H3,(H,18,21)/b9-6+. The highest BCUT2D eigenvalue weighted by Gasteiger charge is 2.05. The molecule has 1 aromatic heterocycles. The van der Waals surface area contributed by atoms with E-state index < -0.39 is 0 Å². The molecule has 2 amide bonds. The Bertz CT molecular complexity index is 704. The molecule has 114 valence electrons. The number of rotatable bonds is 4. The van der Waals surface area contributed by atoms with Crippen LogP contribution in [0.5, 0.6) is 0 Å². The van der Waals surface area contributed by atoms with Gasteiger partial charge in [0, 0.05) is 36.8 Å². The van der Waals surface area contributed by atoms with E-state index in [1.165, 1.54) is 17.9 Å². The number of thiazole rings is 1. The summed E-state index contributed by atoms with van der Waals surface area (Å²) < 4.78 is 0. The summed E-state index contributed by atoms with van der Waals surface area (Å²) in [5.74, 6) is -0.267. The summed E-state index contributed by atoms with van der Waals surface area (Å²) in [4.78, 5) is 28.9. The Kier molecular flexibility index (Phi) is 5.06. The lowest BCUT2D eigenvalue weighted by Gasteiger charge is -2.15. The van der Waals surface area contributed by atoms with Gasteiger partial charge in [0.25, 0.3) is 0 Å². The van der Waals surface area contributed by atoms with E-state index in [9.17, 15) is 9.59 Å². The molecule has 0 saturated carbocycles. The number of anilines is 2. The zero-order valence-corrected chi connectivity index (χ0v) is 13.5. The van der Waals surface area contributed by atoms with Gasteiger partial charge in [-0.15, -0.1) is 11.3 Å². The summed E-state index contributed by atoms with van der Waals surface area (Å²) >= 11 is 1.54. The highest BCUT2D eigenvalue weighted by Crippen LogP contribution is 2.17. The molecule has 0 aliphatic rings. The van der Waals surface area contributed by atoms with Crippen molar-refractivity contribution >= 4 is 40.6 Å². The summed E-state index contributed by atoms with van der Waals surface area (Å²) in [5.41, 5.74) is 2.22. The summed E-state index contributed by atoms with van der Waals surface area (Å²) in [6.07, 6.45) is 3.13. The monoisotopic (exact) mass is 315 g/mol. The molecular weight excluding hydrogens is 298 g/mol. The first-order valence-electron chi connectivity index (χ1n) is 6.71. The lowest BCUT2D eigenvalue weighted by molar-refractivity contribution is -0.116. The highest BCUT2D eigenvalue weighted by atomic mass is 32.1. The largest absolute Gasteiger partial charge is 0.323 e. The van der Waals surface area contributed by atoms with E-state index in [0.717, 1.165) is 16.4 Å². The van der Waals surface area contributed by atoms with Crippen molar-refractivity contribution in [2.24, 2.45) is 0 Å². The van der Waals surface area contributed by atoms with E-state index in [1.807, 2.05) is 12.3 Å². The number of carbonyl (C=O) groups excluding carboxylic acids is 2. The second-order valence-electron chi connectivity index (χ2n) is 4.74. The number of benzene rings is 1. The maximum absolute atomic E-state index is 11.8. The van der Waals surface area contributed by atoms with Crippen molar-refractivity contribution in [2.45, 2.75) is 13.8 Å². The Morgan fingerprint density at radius 2 is 1.95 bits per heavy atom. The summed E-state index contributed by atoms with van der Waals surface area (Å²) in [7, 11) is 1.70. The van der Waals surface area contributed by atoms with Crippen LogP contribution in [0.15, 0.2) is 35.7 Å². The zero-order chi connectivity index (χ0) is 16.1. The second kappa shape index (κ2) is 7.00. The van der Waals surface area contributed by atoms with Crippen molar-refractivity contribution in [3.8, 4) is 0 Å². The Morgan fingerprint density at radius 1 is 1.27 bits per heavy atom. The summed E-state index contributed by atoms with van der Waals surface area (Å²) in [6.45, 7) is 3.42. The molecule has 1 N–H and O–H groups in total. The number of aryl methyl sites for hydroxylation is 1. The Labute approximate surface area is 133 Å². The Hall–Kier alpha value is -2.47. The van der Waals surface area contributed by atoms with Gasteiger partial charge in [-0.25, -0.2) is 4.98 Å². The smallest absolute Gasteiger partial charge is 0.248 e. The maximum atomic E-state index is 11.8. The van der Waals surface area contributed by atoms with Crippen molar-refractivity contribution in [1.82, 2.24) is 4.98 Å². The number of aromatic nitrogens is 1. The third-order valence-corrected chi connectivity index (χ3v) is 3.83. The SMILES string of the molecule is CC(=O)N(C)c1ccc(NC(=O)/C=C/c2csc(C)n2)cc1. The van der Waals surface area contributed by atoms with Crippen molar-refractivity contribution in [3.63, 3.8) is 0 Å². The van der Waals surface area contributed by atoms with Crippen molar-refractivity contribution in [2.75, 3.05) is 17.3 Å². The van der Waals surface area contributed by atoms with Gasteiger partial charge in [0.15, 0.2) is 0 Å². The van der Waals surface area contributed by atoms with Gasteiger partial charge in [0.05, 0.1) is 10.7 Å². The highest BCUT2D eigenvalue weighted by molar-refractivity contribution is 7.09. The minimum absolute atomic E-state index is 0.0433. The molecule has 0 spiro atoms. The fraction of sp³-hybridized carbons (Fsp3) is 0.188. The molecule has 2 rings (SSSR count). The number of hydrogen-bond donors (Lipinski definition) is 1. The molecule has 22 heavy (non-hydrogen) atoms. The molecule has 0 atom stereocenters. The van der Waals surface area contributed by atoms with Gasteiger partial charge in [-0.2, -0.15) is 0 Å². The molecule has 0 unspecified atom stereocenters. The fourth-order valence-electron chi connectivity index (χ4n) is 1.75. The van der Waals surface area contributed by atoms with Gasteiger partial charge in [0.2, 0.25) is 11.8 Å². The summed E-state index contributed by atoms with van der Waals surface area (Å²) in [6, 6.07) is 7.08. The minimum Gasteiger partial charge on any atom is -0.323 e. The molecule has 0 aliphatic heterocycles. The van der Waals surface area contributed by atoms with E-state index in [-0.39, 0.29) is 11.8 Å². The van der Waals surface area contributed by atoms with Crippen LogP contribution in [-0.2, 0) is 9.59 Å². The normalized spacial score (nSPS) is 10.7. The predicted octanol–water partition coefficient (Wildman–Crippen LogP) is 3.09. The average Bonchev–Trinajstić information content (AvgIpc) is 2.91. The molecular formula is C16H17N3O2S. The van der Waals surface area contributed by atoms with Crippen LogP contribution in [0.3, 0.4) is 0 Å². The molecule has 0 saturated heterocycles. The average molecular weight is 315 g/mol. The molecule has 0 radical (unpaired) electrons. The van der Waals surface area contributed by atoms with Crippen LogP contribution >= 0.6 is 11.3 Å². The number of nitrogens with zero attached hydrogens (tertiary/aromatic N) is 2. The van der Waals surface area contributed by atoms with Gasteiger partial charge in [-0.05, 0) is 37.3 Å². The zero-order valence-electron chi connectivity index (χ0n) is 12.7. The summed E-state index contributed by atoms with van der Waals surface area (Å²) in [5, 5.41) is 5.62. The third kappa shape index (κ3) is 4.26.